The Morgan fingerprint density at radius 2 is 2.00 bits per heavy atom. The molecule has 1 aromatic heterocycles. The number of carbonyl (C=O) groups excluding carboxylic acids is 1. The molecular weight excluding hydrogens is 404 g/mol. The summed E-state index contributed by atoms with van der Waals surface area (Å²) in [7, 11) is 0. The van der Waals surface area contributed by atoms with Crippen molar-refractivity contribution in [1.29, 1.82) is 0 Å². The number of hydrogen-bond donors (Lipinski definition) is 2. The van der Waals surface area contributed by atoms with E-state index < -0.39 is 11.9 Å². The lowest BCUT2D eigenvalue weighted by Gasteiger charge is -2.17. The molecule has 0 aliphatic carbocycles. The van der Waals surface area contributed by atoms with E-state index in [0.29, 0.717) is 23.7 Å². The minimum atomic E-state index is -0.584. The fraction of sp³-hybridized carbons (Fsp3) is 0.211. The van der Waals surface area contributed by atoms with Gasteiger partial charge >= 0.3 is 6.03 Å². The standard InChI is InChI=1S/C19H18Cl2FN5O/c1-12(15-6-18(22)17(21)7-16(15)20)26-19(28)24-8-13-3-2-4-14(5-13)9-27-11-23-10-25-27/h2-7,10-12H,8-9H2,1H3,(H2,24,26,28). The zero-order valence-corrected chi connectivity index (χ0v) is 16.5. The van der Waals surface area contributed by atoms with E-state index in [4.69, 9.17) is 23.2 Å². The van der Waals surface area contributed by atoms with Gasteiger partial charge in [0.1, 0.15) is 18.5 Å². The van der Waals surface area contributed by atoms with Gasteiger partial charge < -0.3 is 10.6 Å². The number of nitrogens with one attached hydrogen (secondary N) is 2. The largest absolute Gasteiger partial charge is 0.334 e. The quantitative estimate of drug-likeness (QED) is 0.581. The highest BCUT2D eigenvalue weighted by Gasteiger charge is 2.15. The molecule has 0 saturated heterocycles. The van der Waals surface area contributed by atoms with Crippen molar-refractivity contribution < 1.29 is 9.18 Å². The molecule has 0 saturated carbocycles. The lowest BCUT2D eigenvalue weighted by atomic mass is 10.1. The van der Waals surface area contributed by atoms with Gasteiger partial charge in [0.15, 0.2) is 0 Å². The Morgan fingerprint density at radius 1 is 1.21 bits per heavy atom. The third kappa shape index (κ3) is 5.21. The maximum atomic E-state index is 13.7. The first kappa shape index (κ1) is 20.1. The number of halogens is 3. The summed E-state index contributed by atoms with van der Waals surface area (Å²) in [6.07, 6.45) is 3.13. The molecule has 1 heterocycles. The molecule has 2 amide bonds. The van der Waals surface area contributed by atoms with Crippen molar-refractivity contribution in [3.8, 4) is 0 Å². The Hall–Kier alpha value is -2.64. The summed E-state index contributed by atoms with van der Waals surface area (Å²) in [6.45, 7) is 2.65. The summed E-state index contributed by atoms with van der Waals surface area (Å²) in [5, 5.41) is 9.83. The monoisotopic (exact) mass is 421 g/mol. The zero-order valence-electron chi connectivity index (χ0n) is 15.0. The molecule has 0 spiro atoms. The normalized spacial score (nSPS) is 11.9. The lowest BCUT2D eigenvalue weighted by Crippen LogP contribution is -2.36. The summed E-state index contributed by atoms with van der Waals surface area (Å²) in [5.74, 6) is -0.584. The smallest absolute Gasteiger partial charge is 0.315 e. The predicted molar refractivity (Wildman–Crippen MR) is 106 cm³/mol. The second-order valence-electron chi connectivity index (χ2n) is 6.25. The van der Waals surface area contributed by atoms with Crippen molar-refractivity contribution in [2.24, 2.45) is 0 Å². The third-order valence-corrected chi connectivity index (χ3v) is 4.73. The van der Waals surface area contributed by atoms with Crippen molar-refractivity contribution in [3.05, 3.63) is 81.6 Å². The van der Waals surface area contributed by atoms with E-state index in [0.717, 1.165) is 11.1 Å². The minimum Gasteiger partial charge on any atom is -0.334 e. The molecule has 1 atom stereocenters. The number of aromatic nitrogens is 3. The fourth-order valence-corrected chi connectivity index (χ4v) is 3.26. The van der Waals surface area contributed by atoms with Crippen molar-refractivity contribution in [1.82, 2.24) is 25.4 Å². The van der Waals surface area contributed by atoms with Crippen LogP contribution in [0.3, 0.4) is 0 Å². The van der Waals surface area contributed by atoms with Crippen molar-refractivity contribution in [2.45, 2.75) is 26.1 Å². The Labute approximate surface area is 171 Å². The Kier molecular flexibility index (Phi) is 6.49. The Bertz CT molecular complexity index is 965. The van der Waals surface area contributed by atoms with Crippen LogP contribution >= 0.6 is 23.2 Å². The molecule has 9 heteroatoms. The van der Waals surface area contributed by atoms with E-state index >= 15 is 0 Å². The number of hydrogen-bond acceptors (Lipinski definition) is 3. The van der Waals surface area contributed by atoms with Crippen LogP contribution in [-0.2, 0) is 13.1 Å². The molecular formula is C19H18Cl2FN5O. The second-order valence-corrected chi connectivity index (χ2v) is 7.06. The molecule has 2 aromatic carbocycles. The average molecular weight is 422 g/mol. The molecule has 1 unspecified atom stereocenters. The van der Waals surface area contributed by atoms with Gasteiger partial charge in [-0.25, -0.2) is 18.9 Å². The van der Waals surface area contributed by atoms with E-state index in [1.165, 1.54) is 18.5 Å². The van der Waals surface area contributed by atoms with Gasteiger partial charge in [0.05, 0.1) is 17.6 Å². The fourth-order valence-electron chi connectivity index (χ4n) is 2.72. The molecule has 0 aliphatic heterocycles. The van der Waals surface area contributed by atoms with E-state index in [1.54, 1.807) is 17.9 Å². The van der Waals surface area contributed by atoms with Gasteiger partial charge in [-0.2, -0.15) is 5.10 Å². The molecule has 0 fully saturated rings. The SMILES string of the molecule is CC(NC(=O)NCc1cccc(Cn2cncn2)c1)c1cc(F)c(Cl)cc1Cl. The minimum absolute atomic E-state index is 0.0591. The van der Waals surface area contributed by atoms with Crippen molar-refractivity contribution in [3.63, 3.8) is 0 Å². The number of nitrogens with zero attached hydrogens (tertiary/aromatic N) is 3. The van der Waals surface area contributed by atoms with Crippen LogP contribution < -0.4 is 10.6 Å². The van der Waals surface area contributed by atoms with Crippen LogP contribution in [0.2, 0.25) is 10.0 Å². The van der Waals surface area contributed by atoms with Crippen LogP contribution in [0.5, 0.6) is 0 Å². The third-order valence-electron chi connectivity index (χ3n) is 4.11. The van der Waals surface area contributed by atoms with Crippen LogP contribution in [-0.4, -0.2) is 20.8 Å². The van der Waals surface area contributed by atoms with Gasteiger partial charge in [-0.1, -0.05) is 47.5 Å². The molecule has 28 heavy (non-hydrogen) atoms. The van der Waals surface area contributed by atoms with Crippen molar-refractivity contribution >= 4 is 29.2 Å². The molecule has 0 bridgehead atoms. The maximum Gasteiger partial charge on any atom is 0.315 e. The van der Waals surface area contributed by atoms with Gasteiger partial charge in [0, 0.05) is 11.6 Å². The molecule has 2 N–H and O–H groups in total. The first-order valence-electron chi connectivity index (χ1n) is 8.51. The lowest BCUT2D eigenvalue weighted by molar-refractivity contribution is 0.237. The van der Waals surface area contributed by atoms with Crippen LogP contribution in [0.15, 0.2) is 49.1 Å². The van der Waals surface area contributed by atoms with E-state index in [9.17, 15) is 9.18 Å². The van der Waals surface area contributed by atoms with Gasteiger partial charge in [-0.05, 0) is 35.7 Å². The van der Waals surface area contributed by atoms with Gasteiger partial charge in [-0.3, -0.25) is 0 Å². The number of amides is 2. The van der Waals surface area contributed by atoms with Crippen molar-refractivity contribution in [2.75, 3.05) is 0 Å². The number of urea groups is 1. The average Bonchev–Trinajstić information content (AvgIpc) is 3.16. The number of carbonyl (C=O) groups is 1. The summed E-state index contributed by atoms with van der Waals surface area (Å²) in [6, 6.07) is 9.47. The van der Waals surface area contributed by atoms with E-state index in [1.807, 2.05) is 24.3 Å². The summed E-state index contributed by atoms with van der Waals surface area (Å²) in [4.78, 5) is 16.1. The van der Waals surface area contributed by atoms with Crippen LogP contribution in [0.25, 0.3) is 0 Å². The highest BCUT2D eigenvalue weighted by atomic mass is 35.5. The maximum absolute atomic E-state index is 13.7. The van der Waals surface area contributed by atoms with Crippen LogP contribution in [0, 0.1) is 5.82 Å². The van der Waals surface area contributed by atoms with Gasteiger partial charge in [0.25, 0.3) is 0 Å². The molecule has 3 aromatic rings. The first-order chi connectivity index (χ1) is 13.4. The van der Waals surface area contributed by atoms with Gasteiger partial charge in [-0.15, -0.1) is 0 Å². The van der Waals surface area contributed by atoms with Crippen LogP contribution in [0.4, 0.5) is 9.18 Å². The topological polar surface area (TPSA) is 71.8 Å². The highest BCUT2D eigenvalue weighted by Crippen LogP contribution is 2.28. The molecule has 0 radical (unpaired) electrons. The zero-order chi connectivity index (χ0) is 20.1. The number of rotatable bonds is 6. The Morgan fingerprint density at radius 3 is 2.75 bits per heavy atom. The van der Waals surface area contributed by atoms with Gasteiger partial charge in [0.2, 0.25) is 0 Å². The summed E-state index contributed by atoms with van der Waals surface area (Å²) in [5.41, 5.74) is 2.44. The van der Waals surface area contributed by atoms with E-state index in [2.05, 4.69) is 20.7 Å². The first-order valence-corrected chi connectivity index (χ1v) is 9.27. The highest BCUT2D eigenvalue weighted by molar-refractivity contribution is 6.35. The number of benzene rings is 2. The van der Waals surface area contributed by atoms with Crippen LogP contribution in [0.1, 0.15) is 29.7 Å². The molecule has 146 valence electrons. The van der Waals surface area contributed by atoms with E-state index in [-0.39, 0.29) is 11.1 Å². The Balaban J connectivity index is 1.56. The summed E-state index contributed by atoms with van der Waals surface area (Å²) >= 11 is 11.8. The molecule has 6 nitrogen and oxygen atoms in total. The molecule has 3 rings (SSSR count). The summed E-state index contributed by atoms with van der Waals surface area (Å²) < 4.78 is 15.4. The predicted octanol–water partition coefficient (Wildman–Crippen LogP) is 4.33. The molecule has 0 aliphatic rings. The second kappa shape index (κ2) is 9.03.